The molecular weight excluding hydrogens is 294 g/mol. The highest BCUT2D eigenvalue weighted by Crippen LogP contribution is 2.08. The number of nitrogens with zero attached hydrogens (tertiary/aromatic N) is 1. The summed E-state index contributed by atoms with van der Waals surface area (Å²) in [6, 6.07) is -0.505. The molecular formula is C17H33N3O3. The first-order valence-corrected chi connectivity index (χ1v) is 9.06. The van der Waals surface area contributed by atoms with E-state index in [1.807, 2.05) is 5.01 Å². The van der Waals surface area contributed by atoms with Crippen molar-refractivity contribution in [2.75, 3.05) is 26.3 Å². The fraction of sp³-hybridized carbons (Fsp3) is 0.882. The average Bonchev–Trinajstić information content (AvgIpc) is 2.55. The van der Waals surface area contributed by atoms with Crippen LogP contribution < -0.4 is 10.7 Å². The van der Waals surface area contributed by atoms with Gasteiger partial charge >= 0.3 is 0 Å². The molecule has 1 heterocycles. The normalized spacial score (nSPS) is 16.8. The van der Waals surface area contributed by atoms with Gasteiger partial charge < -0.3 is 10.1 Å². The summed E-state index contributed by atoms with van der Waals surface area (Å²) in [7, 11) is 0. The van der Waals surface area contributed by atoms with Crippen molar-refractivity contribution in [1.82, 2.24) is 15.8 Å². The summed E-state index contributed by atoms with van der Waals surface area (Å²) in [6.07, 6.45) is 8.79. The lowest BCUT2D eigenvalue weighted by molar-refractivity contribution is -0.133. The second-order valence-corrected chi connectivity index (χ2v) is 6.24. The van der Waals surface area contributed by atoms with Crippen LogP contribution >= 0.6 is 0 Å². The number of hydrazine groups is 1. The number of hydrogen-bond donors (Lipinski definition) is 2. The minimum Gasteiger partial charge on any atom is -0.379 e. The highest BCUT2D eigenvalue weighted by Gasteiger charge is 2.19. The number of unbranched alkanes of at least 4 members (excludes halogenated alkanes) is 6. The van der Waals surface area contributed by atoms with Crippen molar-refractivity contribution in [3.63, 3.8) is 0 Å². The lowest BCUT2D eigenvalue weighted by atomic mass is 10.1. The fourth-order valence-corrected chi connectivity index (χ4v) is 2.55. The number of hydrogen-bond acceptors (Lipinski definition) is 4. The van der Waals surface area contributed by atoms with Gasteiger partial charge in [-0.1, -0.05) is 45.4 Å². The molecule has 0 spiro atoms. The highest BCUT2D eigenvalue weighted by atomic mass is 16.5. The van der Waals surface area contributed by atoms with Crippen molar-refractivity contribution in [2.45, 2.75) is 71.3 Å². The second kappa shape index (κ2) is 12.3. The van der Waals surface area contributed by atoms with Crippen molar-refractivity contribution in [1.29, 1.82) is 0 Å². The van der Waals surface area contributed by atoms with Crippen LogP contribution in [0.5, 0.6) is 0 Å². The Morgan fingerprint density at radius 2 is 1.65 bits per heavy atom. The largest absolute Gasteiger partial charge is 0.379 e. The Labute approximate surface area is 140 Å². The van der Waals surface area contributed by atoms with Crippen LogP contribution in [0.2, 0.25) is 0 Å². The van der Waals surface area contributed by atoms with E-state index < -0.39 is 6.04 Å². The first kappa shape index (κ1) is 19.9. The van der Waals surface area contributed by atoms with Crippen molar-refractivity contribution < 1.29 is 14.3 Å². The van der Waals surface area contributed by atoms with E-state index in [0.717, 1.165) is 12.8 Å². The van der Waals surface area contributed by atoms with E-state index in [2.05, 4.69) is 17.7 Å². The third-order valence-electron chi connectivity index (χ3n) is 4.06. The highest BCUT2D eigenvalue weighted by molar-refractivity contribution is 5.86. The smallest absolute Gasteiger partial charge is 0.256 e. The molecule has 0 aliphatic carbocycles. The van der Waals surface area contributed by atoms with Crippen LogP contribution in [0.3, 0.4) is 0 Å². The zero-order chi connectivity index (χ0) is 16.9. The maximum atomic E-state index is 12.0. The fourth-order valence-electron chi connectivity index (χ4n) is 2.55. The molecule has 1 fully saturated rings. The number of nitrogens with one attached hydrogen (secondary N) is 2. The van der Waals surface area contributed by atoms with Gasteiger partial charge in [-0.2, -0.15) is 0 Å². The summed E-state index contributed by atoms with van der Waals surface area (Å²) in [6.45, 7) is 6.55. The monoisotopic (exact) mass is 327 g/mol. The van der Waals surface area contributed by atoms with E-state index in [1.165, 1.54) is 32.1 Å². The molecule has 0 aromatic heterocycles. The Balaban J connectivity index is 2.06. The third-order valence-corrected chi connectivity index (χ3v) is 4.06. The van der Waals surface area contributed by atoms with Crippen LogP contribution in [0.1, 0.15) is 65.2 Å². The van der Waals surface area contributed by atoms with Crippen molar-refractivity contribution in [3.05, 3.63) is 0 Å². The van der Waals surface area contributed by atoms with Gasteiger partial charge in [0.2, 0.25) is 5.91 Å². The van der Waals surface area contributed by atoms with E-state index >= 15 is 0 Å². The van der Waals surface area contributed by atoms with Crippen LogP contribution in [-0.4, -0.2) is 49.2 Å². The minimum absolute atomic E-state index is 0.0387. The number of rotatable bonds is 11. The van der Waals surface area contributed by atoms with Gasteiger partial charge in [0, 0.05) is 19.5 Å². The topological polar surface area (TPSA) is 70.7 Å². The van der Waals surface area contributed by atoms with Gasteiger partial charge in [0.1, 0.15) is 6.04 Å². The molecule has 1 rings (SSSR count). The molecule has 0 aromatic rings. The summed E-state index contributed by atoms with van der Waals surface area (Å²) < 4.78 is 5.23. The van der Waals surface area contributed by atoms with E-state index in [9.17, 15) is 9.59 Å². The Kier molecular flexibility index (Phi) is 10.6. The summed E-state index contributed by atoms with van der Waals surface area (Å²) in [5.74, 6) is -0.206. The van der Waals surface area contributed by atoms with Crippen molar-refractivity contribution in [2.24, 2.45) is 0 Å². The first-order chi connectivity index (χ1) is 11.1. The third kappa shape index (κ3) is 9.56. The molecule has 2 amide bonds. The summed E-state index contributed by atoms with van der Waals surface area (Å²) >= 11 is 0. The van der Waals surface area contributed by atoms with Crippen LogP contribution in [0, 0.1) is 0 Å². The maximum Gasteiger partial charge on any atom is 0.256 e. The summed E-state index contributed by atoms with van der Waals surface area (Å²) in [4.78, 5) is 23.9. The average molecular weight is 327 g/mol. The van der Waals surface area contributed by atoms with E-state index in [0.29, 0.717) is 32.7 Å². The van der Waals surface area contributed by atoms with E-state index in [1.54, 1.807) is 6.92 Å². The van der Waals surface area contributed by atoms with Gasteiger partial charge in [-0.05, 0) is 13.3 Å². The molecule has 0 radical (unpaired) electrons. The summed E-state index contributed by atoms with van der Waals surface area (Å²) in [5, 5.41) is 4.61. The molecule has 1 aliphatic heterocycles. The Morgan fingerprint density at radius 1 is 1.04 bits per heavy atom. The second-order valence-electron chi connectivity index (χ2n) is 6.24. The molecule has 1 atom stereocenters. The molecule has 134 valence electrons. The molecule has 0 unspecified atom stereocenters. The number of carbonyl (C=O) groups excluding carboxylic acids is 2. The van der Waals surface area contributed by atoms with Gasteiger partial charge in [0.05, 0.1) is 13.2 Å². The molecule has 6 heteroatoms. The standard InChI is InChI=1S/C17H33N3O3/c1-3-4-5-6-7-8-9-10-16(21)18-15(2)17(22)19-20-11-13-23-14-12-20/h15H,3-14H2,1-2H3,(H,18,21)(H,19,22)/t15-/m0/s1. The first-order valence-electron chi connectivity index (χ1n) is 9.06. The maximum absolute atomic E-state index is 12.0. The number of amides is 2. The zero-order valence-electron chi connectivity index (χ0n) is 14.7. The van der Waals surface area contributed by atoms with Gasteiger partial charge in [0.25, 0.3) is 5.91 Å². The molecule has 1 saturated heterocycles. The van der Waals surface area contributed by atoms with Crippen LogP contribution in [0.4, 0.5) is 0 Å². The van der Waals surface area contributed by atoms with E-state index in [4.69, 9.17) is 4.74 Å². The van der Waals surface area contributed by atoms with Crippen molar-refractivity contribution >= 4 is 11.8 Å². The number of morpholine rings is 1. The van der Waals surface area contributed by atoms with Gasteiger partial charge in [0.15, 0.2) is 0 Å². The lowest BCUT2D eigenvalue weighted by Crippen LogP contribution is -2.54. The number of ether oxygens (including phenoxy) is 1. The predicted octanol–water partition coefficient (Wildman–Crippen LogP) is 2.00. The molecule has 23 heavy (non-hydrogen) atoms. The van der Waals surface area contributed by atoms with Gasteiger partial charge in [-0.3, -0.25) is 15.0 Å². The van der Waals surface area contributed by atoms with Crippen molar-refractivity contribution in [3.8, 4) is 0 Å². The summed E-state index contributed by atoms with van der Waals surface area (Å²) in [5.41, 5.74) is 2.82. The number of carbonyl (C=O) groups is 2. The quantitative estimate of drug-likeness (QED) is 0.569. The predicted molar refractivity (Wildman–Crippen MR) is 90.7 cm³/mol. The zero-order valence-corrected chi connectivity index (χ0v) is 14.7. The minimum atomic E-state index is -0.505. The molecule has 2 N–H and O–H groups in total. The lowest BCUT2D eigenvalue weighted by Gasteiger charge is -2.28. The van der Waals surface area contributed by atoms with Gasteiger partial charge in [-0.25, -0.2) is 5.01 Å². The SMILES string of the molecule is CCCCCCCCCC(=O)N[C@@H](C)C(=O)NN1CCOCC1. The Morgan fingerprint density at radius 3 is 2.30 bits per heavy atom. The molecule has 0 aromatic carbocycles. The van der Waals surface area contributed by atoms with Crippen LogP contribution in [-0.2, 0) is 14.3 Å². The van der Waals surface area contributed by atoms with Gasteiger partial charge in [-0.15, -0.1) is 0 Å². The van der Waals surface area contributed by atoms with Crippen LogP contribution in [0.25, 0.3) is 0 Å². The van der Waals surface area contributed by atoms with E-state index in [-0.39, 0.29) is 11.8 Å². The molecule has 1 aliphatic rings. The Hall–Kier alpha value is -1.14. The molecule has 6 nitrogen and oxygen atoms in total. The molecule has 0 bridgehead atoms. The van der Waals surface area contributed by atoms with Crippen LogP contribution in [0.15, 0.2) is 0 Å². The Bertz CT molecular complexity index is 344. The molecule has 0 saturated carbocycles.